The fraction of sp³-hybridized carbons (Fsp3) is 0.579. The lowest BCUT2D eigenvalue weighted by atomic mass is 9.96. The first kappa shape index (κ1) is 20.0. The van der Waals surface area contributed by atoms with Crippen molar-refractivity contribution in [2.24, 2.45) is 0 Å². The Morgan fingerprint density at radius 1 is 1.19 bits per heavy atom. The molecule has 0 spiro atoms. The molecule has 2 fully saturated rings. The molecule has 0 aromatic heterocycles. The molecule has 0 bridgehead atoms. The Hall–Kier alpha value is -1.77. The van der Waals surface area contributed by atoms with Crippen molar-refractivity contribution in [1.82, 2.24) is 4.31 Å². The van der Waals surface area contributed by atoms with Crippen LogP contribution < -0.4 is 0 Å². The number of morpholine rings is 1. The van der Waals surface area contributed by atoms with E-state index >= 15 is 0 Å². The molecule has 1 aromatic rings. The average molecular weight is 395 g/mol. The molecule has 0 amide bonds. The van der Waals surface area contributed by atoms with Gasteiger partial charge in [-0.15, -0.1) is 0 Å². The molecule has 1 aromatic carbocycles. The molecule has 1 saturated heterocycles. The van der Waals surface area contributed by atoms with Gasteiger partial charge in [0.2, 0.25) is 10.0 Å². The van der Waals surface area contributed by atoms with E-state index in [1.807, 2.05) is 13.8 Å². The molecule has 0 N–H and O–H groups in total. The predicted octanol–water partition coefficient (Wildman–Crippen LogP) is 2.15. The quantitative estimate of drug-likeness (QED) is 0.726. The van der Waals surface area contributed by atoms with E-state index in [1.165, 1.54) is 28.6 Å². The van der Waals surface area contributed by atoms with E-state index in [2.05, 4.69) is 0 Å². The Bertz CT molecular complexity index is 811. The number of ketones is 1. The van der Waals surface area contributed by atoms with E-state index in [0.717, 1.165) is 12.8 Å². The third-order valence-corrected chi connectivity index (χ3v) is 6.67. The smallest absolute Gasteiger partial charge is 0.338 e. The second-order valence-corrected chi connectivity index (χ2v) is 9.15. The van der Waals surface area contributed by atoms with Crippen LogP contribution in [0.3, 0.4) is 0 Å². The van der Waals surface area contributed by atoms with Gasteiger partial charge in [0, 0.05) is 19.5 Å². The number of carbonyl (C=O) groups excluding carboxylic acids is 2. The molecule has 2 aliphatic rings. The summed E-state index contributed by atoms with van der Waals surface area (Å²) >= 11 is 0. The zero-order chi connectivity index (χ0) is 19.6. The Morgan fingerprint density at radius 3 is 2.56 bits per heavy atom. The number of sulfonamides is 1. The molecule has 0 unspecified atom stereocenters. The molecule has 1 saturated carbocycles. The maximum atomic E-state index is 13.0. The van der Waals surface area contributed by atoms with Crippen LogP contribution in [0.4, 0.5) is 0 Å². The SMILES string of the molecule is C[C@@H]1CN(S(=O)(=O)c2cccc(C(=O)O[C@@H]3CCCCC3=O)c2)C[C@H](C)O1. The van der Waals surface area contributed by atoms with Crippen molar-refractivity contribution >= 4 is 21.8 Å². The molecular weight excluding hydrogens is 370 g/mol. The first-order valence-corrected chi connectivity index (χ1v) is 10.7. The Kier molecular flexibility index (Phi) is 5.98. The first-order valence-electron chi connectivity index (χ1n) is 9.27. The van der Waals surface area contributed by atoms with E-state index in [-0.39, 0.29) is 41.5 Å². The van der Waals surface area contributed by atoms with Crippen molar-refractivity contribution in [1.29, 1.82) is 0 Å². The fourth-order valence-corrected chi connectivity index (χ4v) is 5.17. The molecule has 148 valence electrons. The average Bonchev–Trinajstić information content (AvgIpc) is 2.63. The molecule has 3 rings (SSSR count). The summed E-state index contributed by atoms with van der Waals surface area (Å²) in [5.41, 5.74) is 0.129. The van der Waals surface area contributed by atoms with Crippen LogP contribution >= 0.6 is 0 Å². The van der Waals surface area contributed by atoms with Crippen molar-refractivity contribution in [3.8, 4) is 0 Å². The van der Waals surface area contributed by atoms with E-state index in [4.69, 9.17) is 9.47 Å². The number of hydrogen-bond donors (Lipinski definition) is 0. The summed E-state index contributed by atoms with van der Waals surface area (Å²) < 4.78 is 38.2. The number of nitrogens with zero attached hydrogens (tertiary/aromatic N) is 1. The number of Topliss-reactive ketones (excluding diaryl/α,β-unsaturated/α-hetero) is 1. The number of hydrogen-bond acceptors (Lipinski definition) is 6. The number of ether oxygens (including phenoxy) is 2. The van der Waals surface area contributed by atoms with Gasteiger partial charge in [-0.25, -0.2) is 13.2 Å². The highest BCUT2D eigenvalue weighted by molar-refractivity contribution is 7.89. The van der Waals surface area contributed by atoms with Gasteiger partial charge in [0.1, 0.15) is 0 Å². The van der Waals surface area contributed by atoms with Crippen molar-refractivity contribution in [2.75, 3.05) is 13.1 Å². The van der Waals surface area contributed by atoms with Gasteiger partial charge >= 0.3 is 5.97 Å². The van der Waals surface area contributed by atoms with Gasteiger partial charge in [-0.2, -0.15) is 4.31 Å². The maximum Gasteiger partial charge on any atom is 0.338 e. The highest BCUT2D eigenvalue weighted by Gasteiger charge is 2.33. The summed E-state index contributed by atoms with van der Waals surface area (Å²) in [6.45, 7) is 4.18. The van der Waals surface area contributed by atoms with Crippen molar-refractivity contribution in [3.05, 3.63) is 29.8 Å². The normalized spacial score (nSPS) is 27.3. The van der Waals surface area contributed by atoms with Crippen LogP contribution in [0.5, 0.6) is 0 Å². The summed E-state index contributed by atoms with van der Waals surface area (Å²) in [5.74, 6) is -0.745. The van der Waals surface area contributed by atoms with Crippen LogP contribution in [0.15, 0.2) is 29.2 Å². The molecule has 7 nitrogen and oxygen atoms in total. The molecule has 1 aliphatic heterocycles. The summed E-state index contributed by atoms with van der Waals surface area (Å²) in [4.78, 5) is 24.3. The van der Waals surface area contributed by atoms with Crippen LogP contribution in [0.25, 0.3) is 0 Å². The molecule has 3 atom stereocenters. The highest BCUT2D eigenvalue weighted by Crippen LogP contribution is 2.23. The first-order chi connectivity index (χ1) is 12.8. The van der Waals surface area contributed by atoms with Gasteiger partial charge in [0.05, 0.1) is 22.7 Å². The van der Waals surface area contributed by atoms with Gasteiger partial charge in [0.25, 0.3) is 0 Å². The number of esters is 1. The van der Waals surface area contributed by atoms with Gasteiger partial charge < -0.3 is 9.47 Å². The number of rotatable bonds is 4. The van der Waals surface area contributed by atoms with E-state index in [0.29, 0.717) is 12.8 Å². The molecule has 8 heteroatoms. The van der Waals surface area contributed by atoms with Crippen LogP contribution in [0, 0.1) is 0 Å². The summed E-state index contributed by atoms with van der Waals surface area (Å²) in [5, 5.41) is 0. The minimum absolute atomic E-state index is 0.0354. The zero-order valence-electron chi connectivity index (χ0n) is 15.6. The van der Waals surface area contributed by atoms with Crippen LogP contribution in [-0.4, -0.2) is 55.9 Å². The van der Waals surface area contributed by atoms with E-state index in [1.54, 1.807) is 0 Å². The number of carbonyl (C=O) groups is 2. The lowest BCUT2D eigenvalue weighted by molar-refractivity contribution is -0.129. The minimum Gasteiger partial charge on any atom is -0.451 e. The van der Waals surface area contributed by atoms with Crippen LogP contribution in [0.1, 0.15) is 49.9 Å². The topological polar surface area (TPSA) is 90.0 Å². The van der Waals surface area contributed by atoms with Crippen molar-refractivity contribution < 1.29 is 27.5 Å². The third kappa shape index (κ3) is 4.56. The Morgan fingerprint density at radius 2 is 1.89 bits per heavy atom. The summed E-state index contributed by atoms with van der Waals surface area (Å²) in [6, 6.07) is 5.79. The Labute approximate surface area is 159 Å². The van der Waals surface area contributed by atoms with Gasteiger partial charge in [0.15, 0.2) is 11.9 Å². The molecule has 1 heterocycles. The largest absolute Gasteiger partial charge is 0.451 e. The Balaban J connectivity index is 1.78. The van der Waals surface area contributed by atoms with Gasteiger partial charge in [-0.1, -0.05) is 6.07 Å². The third-order valence-electron chi connectivity index (χ3n) is 4.84. The highest BCUT2D eigenvalue weighted by atomic mass is 32.2. The van der Waals surface area contributed by atoms with E-state index in [9.17, 15) is 18.0 Å². The predicted molar refractivity (Wildman–Crippen MR) is 97.9 cm³/mol. The summed E-state index contributed by atoms with van der Waals surface area (Å²) in [7, 11) is -3.75. The minimum atomic E-state index is -3.75. The van der Waals surface area contributed by atoms with Crippen molar-refractivity contribution in [2.45, 2.75) is 62.7 Å². The van der Waals surface area contributed by atoms with Crippen molar-refractivity contribution in [3.63, 3.8) is 0 Å². The molecule has 27 heavy (non-hydrogen) atoms. The standard InChI is InChI=1S/C19H25NO6S/c1-13-11-20(12-14(2)25-13)27(23,24)16-7-5-6-15(10-16)19(22)26-18-9-4-3-8-17(18)21/h5-7,10,13-14,18H,3-4,8-9,11-12H2,1-2H3/t13-,14+,18-/m1/s1. The summed E-state index contributed by atoms with van der Waals surface area (Å²) in [6.07, 6.45) is 1.46. The second kappa shape index (κ2) is 8.08. The van der Waals surface area contributed by atoms with Gasteiger partial charge in [-0.3, -0.25) is 4.79 Å². The van der Waals surface area contributed by atoms with Crippen LogP contribution in [0.2, 0.25) is 0 Å². The lowest BCUT2D eigenvalue weighted by Crippen LogP contribution is -2.48. The molecule has 0 radical (unpaired) electrons. The zero-order valence-corrected chi connectivity index (χ0v) is 16.4. The fourth-order valence-electron chi connectivity index (χ4n) is 3.53. The maximum absolute atomic E-state index is 13.0. The monoisotopic (exact) mass is 395 g/mol. The second-order valence-electron chi connectivity index (χ2n) is 7.21. The molecule has 1 aliphatic carbocycles. The number of benzene rings is 1. The lowest BCUT2D eigenvalue weighted by Gasteiger charge is -2.34. The van der Waals surface area contributed by atoms with Gasteiger partial charge in [-0.05, 0) is 51.3 Å². The van der Waals surface area contributed by atoms with E-state index < -0.39 is 22.1 Å². The molecular formula is C19H25NO6S. The van der Waals surface area contributed by atoms with Crippen LogP contribution in [-0.2, 0) is 24.3 Å².